The summed E-state index contributed by atoms with van der Waals surface area (Å²) in [6, 6.07) is 11.1. The fraction of sp³-hybridized carbons (Fsp3) is 0.176. The van der Waals surface area contributed by atoms with Crippen LogP contribution in [0, 0.1) is 0 Å². The molecule has 5 nitrogen and oxygen atoms in total. The van der Waals surface area contributed by atoms with Gasteiger partial charge in [0, 0.05) is 29.2 Å². The van der Waals surface area contributed by atoms with Crippen LogP contribution in [0.5, 0.6) is 11.5 Å². The molecule has 0 spiro atoms. The monoisotopic (exact) mass is 404 g/mol. The van der Waals surface area contributed by atoms with E-state index in [9.17, 15) is 4.79 Å². The van der Waals surface area contributed by atoms with Crippen LogP contribution in [0.2, 0.25) is 0 Å². The average Bonchev–Trinajstić information content (AvgIpc) is 2.88. The summed E-state index contributed by atoms with van der Waals surface area (Å²) < 4.78 is 15.0. The summed E-state index contributed by atoms with van der Waals surface area (Å²) in [5, 5.41) is 0. The van der Waals surface area contributed by atoms with E-state index in [1.165, 1.54) is 11.3 Å². The molecule has 0 unspecified atom stereocenters. The second-order valence-corrected chi connectivity index (χ2v) is 7.26. The zero-order chi connectivity index (χ0) is 16.7. The van der Waals surface area contributed by atoms with Crippen LogP contribution in [0.15, 0.2) is 45.9 Å². The predicted octanol–water partition coefficient (Wildman–Crippen LogP) is 3.51. The molecule has 0 N–H and O–H groups in total. The van der Waals surface area contributed by atoms with Crippen molar-refractivity contribution in [1.82, 2.24) is 4.57 Å². The maximum Gasteiger partial charge on any atom is 0.279 e. The lowest BCUT2D eigenvalue weighted by Crippen LogP contribution is -2.15. The second kappa shape index (κ2) is 6.07. The van der Waals surface area contributed by atoms with Crippen LogP contribution in [-0.2, 0) is 7.05 Å². The molecular formula is C17H13BrN2O3S. The maximum atomic E-state index is 12.4. The van der Waals surface area contributed by atoms with Gasteiger partial charge in [-0.15, -0.1) is 0 Å². The number of carbonyl (C=O) groups excluding carboxylic acids is 1. The highest BCUT2D eigenvalue weighted by molar-refractivity contribution is 9.10. The molecule has 24 heavy (non-hydrogen) atoms. The number of aryl methyl sites for hydroxylation is 1. The molecule has 2 aromatic carbocycles. The SMILES string of the molecule is Cn1c(=NC(=O)c2cccc(Br)c2)sc2cc3c(cc21)OCCO3. The van der Waals surface area contributed by atoms with Crippen molar-refractivity contribution in [3.63, 3.8) is 0 Å². The van der Waals surface area contributed by atoms with Gasteiger partial charge in [-0.3, -0.25) is 4.79 Å². The topological polar surface area (TPSA) is 52.8 Å². The smallest absolute Gasteiger partial charge is 0.279 e. The Kier molecular flexibility index (Phi) is 3.90. The van der Waals surface area contributed by atoms with Crippen LogP contribution in [-0.4, -0.2) is 23.7 Å². The fourth-order valence-corrected chi connectivity index (χ4v) is 3.97. The van der Waals surface area contributed by atoms with Crippen molar-refractivity contribution in [2.24, 2.45) is 12.0 Å². The molecule has 0 bridgehead atoms. The van der Waals surface area contributed by atoms with Gasteiger partial charge in [-0.1, -0.05) is 33.3 Å². The minimum atomic E-state index is -0.268. The summed E-state index contributed by atoms with van der Waals surface area (Å²) in [5.74, 6) is 1.20. The normalized spacial score (nSPS) is 14.2. The number of fused-ring (bicyclic) bond motifs is 2. The van der Waals surface area contributed by atoms with Crippen LogP contribution >= 0.6 is 27.3 Å². The zero-order valence-electron chi connectivity index (χ0n) is 12.8. The number of benzene rings is 2. The molecule has 3 aromatic rings. The van der Waals surface area contributed by atoms with Crippen LogP contribution < -0.4 is 14.3 Å². The standard InChI is InChI=1S/C17H13BrN2O3S/c1-20-12-8-13-14(23-6-5-22-13)9-15(12)24-17(20)19-16(21)10-3-2-4-11(18)7-10/h2-4,7-9H,5-6H2,1H3. The summed E-state index contributed by atoms with van der Waals surface area (Å²) in [6.45, 7) is 1.10. The Hall–Kier alpha value is -2.12. The van der Waals surface area contributed by atoms with E-state index in [2.05, 4.69) is 20.9 Å². The first-order valence-electron chi connectivity index (χ1n) is 7.35. The molecule has 0 aliphatic carbocycles. The van der Waals surface area contributed by atoms with Gasteiger partial charge in [0.15, 0.2) is 16.3 Å². The van der Waals surface area contributed by atoms with Gasteiger partial charge in [0.1, 0.15) is 13.2 Å². The van der Waals surface area contributed by atoms with E-state index in [0.717, 1.165) is 26.2 Å². The summed E-state index contributed by atoms with van der Waals surface area (Å²) in [6.07, 6.45) is 0. The van der Waals surface area contributed by atoms with E-state index in [4.69, 9.17) is 9.47 Å². The lowest BCUT2D eigenvalue weighted by Gasteiger charge is -2.18. The molecule has 2 heterocycles. The number of thiazole rings is 1. The van der Waals surface area contributed by atoms with Gasteiger partial charge in [-0.25, -0.2) is 0 Å². The third kappa shape index (κ3) is 2.74. The van der Waals surface area contributed by atoms with Crippen LogP contribution in [0.3, 0.4) is 0 Å². The van der Waals surface area contributed by atoms with Crippen molar-refractivity contribution < 1.29 is 14.3 Å². The van der Waals surface area contributed by atoms with E-state index >= 15 is 0 Å². The zero-order valence-corrected chi connectivity index (χ0v) is 15.2. The van der Waals surface area contributed by atoms with Gasteiger partial charge in [0.05, 0.1) is 10.2 Å². The van der Waals surface area contributed by atoms with Crippen molar-refractivity contribution in [3.05, 3.63) is 51.2 Å². The number of amides is 1. The summed E-state index contributed by atoms with van der Waals surface area (Å²) in [4.78, 5) is 17.3. The summed E-state index contributed by atoms with van der Waals surface area (Å²) in [5.41, 5.74) is 1.51. The molecule has 0 radical (unpaired) electrons. The molecule has 0 atom stereocenters. The lowest BCUT2D eigenvalue weighted by molar-refractivity contribution is 0.0998. The Morgan fingerprint density at radius 2 is 1.96 bits per heavy atom. The first kappa shape index (κ1) is 15.4. The Balaban J connectivity index is 1.82. The average molecular weight is 405 g/mol. The fourth-order valence-electron chi connectivity index (χ4n) is 2.54. The third-order valence-electron chi connectivity index (χ3n) is 3.74. The minimum absolute atomic E-state index is 0.268. The Labute approximate surface area is 150 Å². The van der Waals surface area contributed by atoms with Crippen molar-refractivity contribution in [3.8, 4) is 11.5 Å². The van der Waals surface area contributed by atoms with Gasteiger partial charge < -0.3 is 14.0 Å². The number of carbonyl (C=O) groups is 1. The number of hydrogen-bond acceptors (Lipinski definition) is 4. The number of rotatable bonds is 1. The number of ether oxygens (including phenoxy) is 2. The number of nitrogens with zero attached hydrogens (tertiary/aromatic N) is 2. The summed E-state index contributed by atoms with van der Waals surface area (Å²) >= 11 is 4.82. The Bertz CT molecular complexity index is 1020. The van der Waals surface area contributed by atoms with E-state index in [0.29, 0.717) is 23.6 Å². The van der Waals surface area contributed by atoms with Gasteiger partial charge in [0.25, 0.3) is 5.91 Å². The van der Waals surface area contributed by atoms with Crippen molar-refractivity contribution in [2.45, 2.75) is 0 Å². The van der Waals surface area contributed by atoms with Gasteiger partial charge in [0.2, 0.25) is 0 Å². The number of hydrogen-bond donors (Lipinski definition) is 0. The van der Waals surface area contributed by atoms with Gasteiger partial charge in [-0.2, -0.15) is 4.99 Å². The van der Waals surface area contributed by atoms with E-state index in [1.54, 1.807) is 12.1 Å². The molecule has 0 saturated heterocycles. The largest absolute Gasteiger partial charge is 0.486 e. The van der Waals surface area contributed by atoms with Crippen molar-refractivity contribution >= 4 is 43.4 Å². The van der Waals surface area contributed by atoms with Crippen molar-refractivity contribution in [2.75, 3.05) is 13.2 Å². The summed E-state index contributed by atoms with van der Waals surface area (Å²) in [7, 11) is 1.89. The molecule has 4 rings (SSSR count). The molecule has 1 aliphatic rings. The highest BCUT2D eigenvalue weighted by Gasteiger charge is 2.15. The quantitative estimate of drug-likeness (QED) is 0.623. The van der Waals surface area contributed by atoms with E-state index in [1.807, 2.05) is 35.9 Å². The molecule has 1 aromatic heterocycles. The van der Waals surface area contributed by atoms with Crippen LogP contribution in [0.25, 0.3) is 10.2 Å². The van der Waals surface area contributed by atoms with Gasteiger partial charge in [-0.05, 0) is 18.2 Å². The minimum Gasteiger partial charge on any atom is -0.486 e. The second-order valence-electron chi connectivity index (χ2n) is 5.33. The first-order chi connectivity index (χ1) is 11.6. The molecular weight excluding hydrogens is 392 g/mol. The highest BCUT2D eigenvalue weighted by atomic mass is 79.9. The number of halogens is 1. The van der Waals surface area contributed by atoms with Crippen LogP contribution in [0.4, 0.5) is 0 Å². The third-order valence-corrected chi connectivity index (χ3v) is 5.33. The maximum absolute atomic E-state index is 12.4. The predicted molar refractivity (Wildman–Crippen MR) is 95.8 cm³/mol. The van der Waals surface area contributed by atoms with Crippen molar-refractivity contribution in [1.29, 1.82) is 0 Å². The molecule has 0 fully saturated rings. The molecule has 0 saturated carbocycles. The highest BCUT2D eigenvalue weighted by Crippen LogP contribution is 2.35. The first-order valence-corrected chi connectivity index (χ1v) is 8.96. The molecule has 1 amide bonds. The molecule has 7 heteroatoms. The molecule has 122 valence electrons. The Morgan fingerprint density at radius 1 is 1.21 bits per heavy atom. The number of aromatic nitrogens is 1. The molecule has 1 aliphatic heterocycles. The lowest BCUT2D eigenvalue weighted by atomic mass is 10.2. The van der Waals surface area contributed by atoms with E-state index in [-0.39, 0.29) is 5.91 Å². The van der Waals surface area contributed by atoms with Gasteiger partial charge >= 0.3 is 0 Å². The Morgan fingerprint density at radius 3 is 2.71 bits per heavy atom. The van der Waals surface area contributed by atoms with E-state index < -0.39 is 0 Å². The van der Waals surface area contributed by atoms with Crippen LogP contribution in [0.1, 0.15) is 10.4 Å².